The van der Waals surface area contributed by atoms with Crippen molar-refractivity contribution in [2.45, 2.75) is 39.0 Å². The van der Waals surface area contributed by atoms with Gasteiger partial charge in [0.05, 0.1) is 17.8 Å². The van der Waals surface area contributed by atoms with Crippen molar-refractivity contribution in [1.29, 1.82) is 0 Å². The van der Waals surface area contributed by atoms with E-state index in [-0.39, 0.29) is 12.3 Å². The van der Waals surface area contributed by atoms with Crippen LogP contribution in [0, 0.1) is 0 Å². The monoisotopic (exact) mass is 245 g/mol. The predicted octanol–water partition coefficient (Wildman–Crippen LogP) is 2.09. The Labute approximate surface area is 107 Å². The fourth-order valence-corrected chi connectivity index (χ4v) is 2.19. The first-order valence-corrected chi connectivity index (χ1v) is 6.45. The molecule has 0 aliphatic rings. The highest BCUT2D eigenvalue weighted by Gasteiger charge is 2.13. The van der Waals surface area contributed by atoms with Crippen molar-refractivity contribution >= 4 is 11.6 Å². The second-order valence-electron chi connectivity index (χ2n) is 4.53. The third kappa shape index (κ3) is 2.70. The lowest BCUT2D eigenvalue weighted by Gasteiger charge is -2.02. The summed E-state index contributed by atoms with van der Waals surface area (Å²) < 4.78 is 1.96. The molecule has 96 valence electrons. The second-order valence-corrected chi connectivity index (χ2v) is 4.53. The number of aromatic nitrogens is 2. The van der Waals surface area contributed by atoms with Crippen LogP contribution in [0.5, 0.6) is 0 Å². The van der Waals surface area contributed by atoms with E-state index in [1.807, 2.05) is 28.8 Å². The molecule has 0 fully saturated rings. The maximum atomic E-state index is 11.2. The Balaban J connectivity index is 2.33. The highest BCUT2D eigenvalue weighted by molar-refractivity contribution is 5.76. The van der Waals surface area contributed by atoms with Crippen LogP contribution in [-0.2, 0) is 17.6 Å². The summed E-state index contributed by atoms with van der Waals surface area (Å²) in [5.41, 5.74) is 8.15. The summed E-state index contributed by atoms with van der Waals surface area (Å²) in [6.07, 6.45) is 6.57. The van der Waals surface area contributed by atoms with Crippen LogP contribution in [-0.4, -0.2) is 15.3 Å². The molecule has 1 amide bonds. The largest absolute Gasteiger partial charge is 0.369 e. The quantitative estimate of drug-likeness (QED) is 0.792. The van der Waals surface area contributed by atoms with Crippen LogP contribution in [0.3, 0.4) is 0 Å². The molecule has 0 aliphatic carbocycles. The minimum absolute atomic E-state index is 0.257. The van der Waals surface area contributed by atoms with Gasteiger partial charge in [0.1, 0.15) is 5.65 Å². The van der Waals surface area contributed by atoms with E-state index in [4.69, 9.17) is 5.73 Å². The van der Waals surface area contributed by atoms with Gasteiger partial charge >= 0.3 is 0 Å². The van der Waals surface area contributed by atoms with Crippen LogP contribution >= 0.6 is 0 Å². The fraction of sp³-hybridized carbons (Fsp3) is 0.429. The number of carbonyl (C=O) groups excluding carboxylic acids is 1. The lowest BCUT2D eigenvalue weighted by molar-refractivity contribution is -0.117. The summed E-state index contributed by atoms with van der Waals surface area (Å²) in [5.74, 6) is -0.308. The van der Waals surface area contributed by atoms with E-state index in [2.05, 4.69) is 11.9 Å². The number of unbranched alkanes of at least 4 members (excludes halogenated alkanes) is 2. The van der Waals surface area contributed by atoms with Gasteiger partial charge in [-0.1, -0.05) is 25.8 Å². The van der Waals surface area contributed by atoms with Gasteiger partial charge in [-0.2, -0.15) is 0 Å². The first kappa shape index (κ1) is 12.6. The SMILES string of the molecule is CCCCCc1nc2ccccn2c1CC(N)=O. The molecule has 0 atom stereocenters. The Hall–Kier alpha value is -1.84. The molecule has 2 N–H and O–H groups in total. The molecule has 0 saturated heterocycles. The smallest absolute Gasteiger partial charge is 0.223 e. The van der Waals surface area contributed by atoms with E-state index in [1.165, 1.54) is 12.8 Å². The van der Waals surface area contributed by atoms with Gasteiger partial charge < -0.3 is 10.1 Å². The third-order valence-corrected chi connectivity index (χ3v) is 3.07. The van der Waals surface area contributed by atoms with Crippen molar-refractivity contribution in [3.8, 4) is 0 Å². The van der Waals surface area contributed by atoms with Gasteiger partial charge in [-0.15, -0.1) is 0 Å². The molecule has 18 heavy (non-hydrogen) atoms. The van der Waals surface area contributed by atoms with Gasteiger partial charge in [-0.3, -0.25) is 4.79 Å². The Kier molecular flexibility index (Phi) is 3.97. The van der Waals surface area contributed by atoms with Crippen molar-refractivity contribution in [3.05, 3.63) is 35.8 Å². The van der Waals surface area contributed by atoms with E-state index >= 15 is 0 Å². The van der Waals surface area contributed by atoms with Crippen LogP contribution < -0.4 is 5.73 Å². The average molecular weight is 245 g/mol. The number of hydrogen-bond donors (Lipinski definition) is 1. The van der Waals surface area contributed by atoms with Crippen molar-refractivity contribution < 1.29 is 4.79 Å². The maximum absolute atomic E-state index is 11.2. The number of carbonyl (C=O) groups is 1. The van der Waals surface area contributed by atoms with E-state index < -0.39 is 0 Å². The molecule has 2 aromatic rings. The minimum Gasteiger partial charge on any atom is -0.369 e. The number of primary amides is 1. The summed E-state index contributed by atoms with van der Waals surface area (Å²) in [6.45, 7) is 2.17. The summed E-state index contributed by atoms with van der Waals surface area (Å²) in [5, 5.41) is 0. The average Bonchev–Trinajstić information content (AvgIpc) is 2.68. The maximum Gasteiger partial charge on any atom is 0.223 e. The zero-order chi connectivity index (χ0) is 13.0. The van der Waals surface area contributed by atoms with Crippen molar-refractivity contribution in [3.63, 3.8) is 0 Å². The zero-order valence-electron chi connectivity index (χ0n) is 10.7. The predicted molar refractivity (Wildman–Crippen MR) is 71.3 cm³/mol. The first-order chi connectivity index (χ1) is 8.72. The minimum atomic E-state index is -0.308. The molecule has 2 aromatic heterocycles. The van der Waals surface area contributed by atoms with Gasteiger partial charge in [0, 0.05) is 6.20 Å². The van der Waals surface area contributed by atoms with Crippen molar-refractivity contribution in [1.82, 2.24) is 9.38 Å². The molecule has 0 spiro atoms. The third-order valence-electron chi connectivity index (χ3n) is 3.07. The molecule has 0 aromatic carbocycles. The van der Waals surface area contributed by atoms with Crippen LogP contribution in [0.4, 0.5) is 0 Å². The number of aryl methyl sites for hydroxylation is 1. The Morgan fingerprint density at radius 1 is 1.39 bits per heavy atom. The van der Waals surface area contributed by atoms with Crippen LogP contribution in [0.15, 0.2) is 24.4 Å². The van der Waals surface area contributed by atoms with Gasteiger partial charge in [0.25, 0.3) is 0 Å². The van der Waals surface area contributed by atoms with Crippen molar-refractivity contribution in [2.75, 3.05) is 0 Å². The highest BCUT2D eigenvalue weighted by atomic mass is 16.1. The molecule has 4 nitrogen and oxygen atoms in total. The summed E-state index contributed by atoms with van der Waals surface area (Å²) >= 11 is 0. The van der Waals surface area contributed by atoms with E-state index in [1.54, 1.807) is 0 Å². The zero-order valence-corrected chi connectivity index (χ0v) is 10.7. The number of rotatable bonds is 6. The van der Waals surface area contributed by atoms with Gasteiger partial charge in [-0.25, -0.2) is 4.98 Å². The van der Waals surface area contributed by atoms with E-state index in [9.17, 15) is 4.79 Å². The van der Waals surface area contributed by atoms with Crippen LogP contribution in [0.1, 0.15) is 37.6 Å². The van der Waals surface area contributed by atoms with Gasteiger partial charge in [-0.05, 0) is 25.0 Å². The highest BCUT2D eigenvalue weighted by Crippen LogP contribution is 2.16. The molecule has 2 heterocycles. The Morgan fingerprint density at radius 3 is 2.94 bits per heavy atom. The van der Waals surface area contributed by atoms with Crippen molar-refractivity contribution in [2.24, 2.45) is 5.73 Å². The van der Waals surface area contributed by atoms with Crippen LogP contribution in [0.2, 0.25) is 0 Å². The number of amides is 1. The number of hydrogen-bond acceptors (Lipinski definition) is 2. The number of fused-ring (bicyclic) bond motifs is 1. The summed E-state index contributed by atoms with van der Waals surface area (Å²) in [4.78, 5) is 15.8. The lowest BCUT2D eigenvalue weighted by atomic mass is 10.1. The number of nitrogens with zero attached hydrogens (tertiary/aromatic N) is 2. The number of pyridine rings is 1. The molecule has 0 unspecified atom stereocenters. The Morgan fingerprint density at radius 2 is 2.22 bits per heavy atom. The second kappa shape index (κ2) is 5.67. The fourth-order valence-electron chi connectivity index (χ4n) is 2.19. The molecule has 0 radical (unpaired) electrons. The molecular formula is C14H19N3O. The number of nitrogens with two attached hydrogens (primary N) is 1. The number of imidazole rings is 1. The standard InChI is InChI=1S/C14H19N3O/c1-2-3-4-7-11-12(10-13(15)18)17-9-6-5-8-14(17)16-11/h5-6,8-9H,2-4,7,10H2,1H3,(H2,15,18). The van der Waals surface area contributed by atoms with E-state index in [0.29, 0.717) is 0 Å². The van der Waals surface area contributed by atoms with Gasteiger partial charge in [0.2, 0.25) is 5.91 Å². The van der Waals surface area contributed by atoms with E-state index in [0.717, 1.165) is 29.9 Å². The molecule has 0 saturated carbocycles. The summed E-state index contributed by atoms with van der Waals surface area (Å²) in [6, 6.07) is 5.84. The molecule has 4 heteroatoms. The first-order valence-electron chi connectivity index (χ1n) is 6.45. The molecule has 0 aliphatic heterocycles. The lowest BCUT2D eigenvalue weighted by Crippen LogP contribution is -2.16. The normalized spacial score (nSPS) is 10.9. The van der Waals surface area contributed by atoms with Gasteiger partial charge in [0.15, 0.2) is 0 Å². The molecular weight excluding hydrogens is 226 g/mol. The van der Waals surface area contributed by atoms with Crippen LogP contribution in [0.25, 0.3) is 5.65 Å². The topological polar surface area (TPSA) is 60.4 Å². The summed E-state index contributed by atoms with van der Waals surface area (Å²) in [7, 11) is 0. The molecule has 2 rings (SSSR count). The Bertz CT molecular complexity index is 545. The molecule has 0 bridgehead atoms.